The van der Waals surface area contributed by atoms with Gasteiger partial charge in [0.1, 0.15) is 5.82 Å². The first kappa shape index (κ1) is 26.4. The molecule has 2 heterocycles. The highest BCUT2D eigenvalue weighted by atomic mass is 19.1. The van der Waals surface area contributed by atoms with Crippen molar-refractivity contribution in [3.8, 4) is 23.1 Å². The van der Waals surface area contributed by atoms with Crippen LogP contribution in [0.4, 0.5) is 4.39 Å². The lowest BCUT2D eigenvalue weighted by molar-refractivity contribution is 0.0505. The minimum atomic E-state index is -0.387. The van der Waals surface area contributed by atoms with E-state index in [1.54, 1.807) is 16.7 Å². The monoisotopic (exact) mass is 529 g/mol. The average Bonchev–Trinajstić information content (AvgIpc) is 3.61. The molecule has 1 atom stereocenters. The molecule has 4 aromatic rings. The van der Waals surface area contributed by atoms with Gasteiger partial charge in [0.15, 0.2) is 11.5 Å². The Morgan fingerprint density at radius 2 is 1.77 bits per heavy atom. The van der Waals surface area contributed by atoms with Gasteiger partial charge >= 0.3 is 0 Å². The van der Waals surface area contributed by atoms with E-state index in [1.165, 1.54) is 24.3 Å². The van der Waals surface area contributed by atoms with Gasteiger partial charge in [0.05, 0.1) is 36.7 Å². The number of carbonyl (C=O) groups excluding carboxylic acids is 1. The summed E-state index contributed by atoms with van der Waals surface area (Å²) in [7, 11) is 1.60. The van der Waals surface area contributed by atoms with Gasteiger partial charge in [-0.1, -0.05) is 37.3 Å². The largest absolute Gasteiger partial charge is 0.493 e. The van der Waals surface area contributed by atoms with Crippen LogP contribution in [0.5, 0.6) is 17.4 Å². The van der Waals surface area contributed by atoms with Crippen LogP contribution in [0, 0.1) is 5.82 Å². The highest BCUT2D eigenvalue weighted by molar-refractivity contribution is 5.94. The molecule has 7 nitrogen and oxygen atoms in total. The maximum atomic E-state index is 13.8. The van der Waals surface area contributed by atoms with Gasteiger partial charge in [-0.05, 0) is 67.8 Å². The van der Waals surface area contributed by atoms with Crippen LogP contribution in [0.2, 0.25) is 0 Å². The van der Waals surface area contributed by atoms with Crippen molar-refractivity contribution in [2.45, 2.75) is 38.8 Å². The molecule has 39 heavy (non-hydrogen) atoms. The molecule has 0 saturated carbocycles. The Hall–Kier alpha value is -4.17. The number of carbonyl (C=O) groups is 1. The minimum absolute atomic E-state index is 0.0674. The van der Waals surface area contributed by atoms with Crippen LogP contribution in [-0.2, 0) is 17.7 Å². The third-order valence-electron chi connectivity index (χ3n) is 6.81. The molecule has 0 bridgehead atoms. The van der Waals surface area contributed by atoms with Gasteiger partial charge in [-0.25, -0.2) is 9.07 Å². The molecule has 1 fully saturated rings. The van der Waals surface area contributed by atoms with E-state index in [1.807, 2.05) is 61.5 Å². The third-order valence-corrected chi connectivity index (χ3v) is 6.81. The number of rotatable bonds is 10. The summed E-state index contributed by atoms with van der Waals surface area (Å²) in [6.45, 7) is 3.36. The number of nitrogens with zero attached hydrogens (tertiary/aromatic N) is 3. The number of aromatic nitrogens is 2. The van der Waals surface area contributed by atoms with E-state index in [9.17, 15) is 9.18 Å². The van der Waals surface area contributed by atoms with E-state index in [4.69, 9.17) is 19.3 Å². The summed E-state index contributed by atoms with van der Waals surface area (Å²) in [6, 6.07) is 22.8. The van der Waals surface area contributed by atoms with E-state index in [2.05, 4.69) is 0 Å². The van der Waals surface area contributed by atoms with Crippen LogP contribution >= 0.6 is 0 Å². The number of ether oxygens (including phenoxy) is 3. The molecule has 1 aliphatic rings. The molecule has 0 N–H and O–H groups in total. The quantitative estimate of drug-likeness (QED) is 0.245. The lowest BCUT2D eigenvalue weighted by atomic mass is 10.1. The van der Waals surface area contributed by atoms with Crippen molar-refractivity contribution >= 4 is 5.91 Å². The number of amides is 1. The fourth-order valence-corrected chi connectivity index (χ4v) is 4.80. The number of hydrogen-bond acceptors (Lipinski definition) is 5. The Labute approximate surface area is 227 Å². The molecule has 1 aromatic heterocycles. The van der Waals surface area contributed by atoms with Crippen LogP contribution < -0.4 is 9.47 Å². The second-order valence-electron chi connectivity index (χ2n) is 9.41. The van der Waals surface area contributed by atoms with E-state index in [0.717, 1.165) is 29.8 Å². The molecule has 0 aliphatic carbocycles. The molecule has 3 aromatic carbocycles. The van der Waals surface area contributed by atoms with E-state index < -0.39 is 0 Å². The Bertz CT molecular complexity index is 1400. The molecular weight excluding hydrogens is 497 g/mol. The highest BCUT2D eigenvalue weighted by Crippen LogP contribution is 2.36. The van der Waals surface area contributed by atoms with Crippen molar-refractivity contribution in [1.82, 2.24) is 14.7 Å². The predicted octanol–water partition coefficient (Wildman–Crippen LogP) is 6.20. The number of halogens is 1. The van der Waals surface area contributed by atoms with E-state index in [0.29, 0.717) is 42.5 Å². The Balaban J connectivity index is 1.59. The predicted molar refractivity (Wildman–Crippen MR) is 146 cm³/mol. The number of aryl methyl sites for hydroxylation is 1. The van der Waals surface area contributed by atoms with Gasteiger partial charge in [-0.3, -0.25) is 4.79 Å². The first-order chi connectivity index (χ1) is 19.1. The smallest absolute Gasteiger partial charge is 0.254 e. The van der Waals surface area contributed by atoms with E-state index in [-0.39, 0.29) is 24.4 Å². The van der Waals surface area contributed by atoms with Gasteiger partial charge in [0.25, 0.3) is 5.91 Å². The zero-order chi connectivity index (χ0) is 27.2. The highest BCUT2D eigenvalue weighted by Gasteiger charge is 2.29. The Morgan fingerprint density at radius 1 is 1.05 bits per heavy atom. The Kier molecular flexibility index (Phi) is 8.22. The summed E-state index contributed by atoms with van der Waals surface area (Å²) in [5, 5.41) is 4.91. The number of para-hydroxylation sites is 3. The van der Waals surface area contributed by atoms with Crippen LogP contribution in [0.1, 0.15) is 41.4 Å². The van der Waals surface area contributed by atoms with Crippen molar-refractivity contribution in [3.63, 3.8) is 0 Å². The summed E-state index contributed by atoms with van der Waals surface area (Å²) in [4.78, 5) is 15.5. The SMILES string of the molecule is CCc1nn(-c2ccccc2)c(Oc2ccccc2OC)c1CN(C[C@H]1CCCO1)C(=O)c1ccc(F)cc1. The molecule has 1 saturated heterocycles. The maximum absolute atomic E-state index is 13.8. The molecule has 1 aliphatic heterocycles. The number of benzene rings is 3. The first-order valence-corrected chi connectivity index (χ1v) is 13.2. The maximum Gasteiger partial charge on any atom is 0.254 e. The van der Waals surface area contributed by atoms with Crippen molar-refractivity contribution < 1.29 is 23.4 Å². The first-order valence-electron chi connectivity index (χ1n) is 13.2. The molecule has 1 amide bonds. The normalized spacial score (nSPS) is 14.8. The van der Waals surface area contributed by atoms with Gasteiger partial charge in [0, 0.05) is 18.7 Å². The number of hydrogen-bond donors (Lipinski definition) is 0. The summed E-state index contributed by atoms with van der Waals surface area (Å²) in [5.41, 5.74) is 2.85. The van der Waals surface area contributed by atoms with Crippen molar-refractivity contribution in [1.29, 1.82) is 0 Å². The van der Waals surface area contributed by atoms with Crippen LogP contribution in [0.15, 0.2) is 78.9 Å². The topological polar surface area (TPSA) is 65.8 Å². The lowest BCUT2D eigenvalue weighted by Gasteiger charge is -2.26. The Morgan fingerprint density at radius 3 is 2.44 bits per heavy atom. The van der Waals surface area contributed by atoms with Crippen LogP contribution in [0.3, 0.4) is 0 Å². The second-order valence-corrected chi connectivity index (χ2v) is 9.41. The van der Waals surface area contributed by atoms with Crippen LogP contribution in [-0.4, -0.2) is 47.0 Å². The van der Waals surface area contributed by atoms with E-state index >= 15 is 0 Å². The summed E-state index contributed by atoms with van der Waals surface area (Å²) in [6.07, 6.45) is 2.40. The minimum Gasteiger partial charge on any atom is -0.493 e. The molecule has 5 rings (SSSR count). The molecule has 0 radical (unpaired) electrons. The standard InChI is InChI=1S/C31H32FN3O4/c1-3-27-26(21-34(20-25-12-9-19-38-25)30(36)22-15-17-23(32)18-16-22)31(35(33-27)24-10-5-4-6-11-24)39-29-14-8-7-13-28(29)37-2/h4-8,10-11,13-18,25H,3,9,12,19-21H2,1-2H3/t25-/m1/s1. The fourth-order valence-electron chi connectivity index (χ4n) is 4.80. The van der Waals surface area contributed by atoms with Gasteiger partial charge in [-0.2, -0.15) is 5.10 Å². The zero-order valence-electron chi connectivity index (χ0n) is 22.2. The average molecular weight is 530 g/mol. The molecule has 8 heteroatoms. The van der Waals surface area contributed by atoms with Crippen molar-refractivity contribution in [3.05, 3.63) is 102 Å². The van der Waals surface area contributed by atoms with Gasteiger partial charge < -0.3 is 19.1 Å². The van der Waals surface area contributed by atoms with Crippen LogP contribution in [0.25, 0.3) is 5.69 Å². The van der Waals surface area contributed by atoms with Crippen molar-refractivity contribution in [2.24, 2.45) is 0 Å². The summed E-state index contributed by atoms with van der Waals surface area (Å²) >= 11 is 0. The summed E-state index contributed by atoms with van der Waals surface area (Å²) < 4.78 is 33.4. The second kappa shape index (κ2) is 12.1. The molecular formula is C31H32FN3O4. The number of methoxy groups -OCH3 is 1. The summed E-state index contributed by atoms with van der Waals surface area (Å²) in [5.74, 6) is 1.04. The molecule has 0 unspecified atom stereocenters. The van der Waals surface area contributed by atoms with Gasteiger partial charge in [0.2, 0.25) is 5.88 Å². The van der Waals surface area contributed by atoms with Crippen molar-refractivity contribution in [2.75, 3.05) is 20.3 Å². The third kappa shape index (κ3) is 5.96. The lowest BCUT2D eigenvalue weighted by Crippen LogP contribution is -2.37. The molecule has 0 spiro atoms. The molecule has 202 valence electrons. The zero-order valence-corrected chi connectivity index (χ0v) is 22.2. The fraction of sp³-hybridized carbons (Fsp3) is 0.290. The van der Waals surface area contributed by atoms with Gasteiger partial charge in [-0.15, -0.1) is 0 Å².